The maximum Gasteiger partial charge on any atom is 0.179 e. The molecule has 1 N–H and O–H groups in total. The van der Waals surface area contributed by atoms with Gasteiger partial charge in [0, 0.05) is 12.2 Å². The van der Waals surface area contributed by atoms with Crippen molar-refractivity contribution in [3.63, 3.8) is 0 Å². The summed E-state index contributed by atoms with van der Waals surface area (Å²) in [5, 5.41) is 4.06. The second-order valence-corrected chi connectivity index (χ2v) is 6.19. The van der Waals surface area contributed by atoms with E-state index in [1.165, 1.54) is 11.1 Å². The SMILES string of the molecule is CCCOc1c(Cl)cc(CNc2cccc(C)c2C)cc1OCC. The van der Waals surface area contributed by atoms with Crippen LogP contribution in [0.3, 0.4) is 0 Å². The minimum absolute atomic E-state index is 0.576. The first-order valence-electron chi connectivity index (χ1n) is 8.44. The van der Waals surface area contributed by atoms with Crippen LogP contribution >= 0.6 is 11.6 Å². The van der Waals surface area contributed by atoms with Crippen molar-refractivity contribution in [3.8, 4) is 11.5 Å². The number of halogens is 1. The maximum atomic E-state index is 6.41. The van der Waals surface area contributed by atoms with Crippen LogP contribution < -0.4 is 14.8 Å². The van der Waals surface area contributed by atoms with Gasteiger partial charge < -0.3 is 14.8 Å². The Labute approximate surface area is 149 Å². The average Bonchev–Trinajstić information content (AvgIpc) is 2.56. The highest BCUT2D eigenvalue weighted by Gasteiger charge is 2.12. The Morgan fingerprint density at radius 3 is 2.58 bits per heavy atom. The van der Waals surface area contributed by atoms with Gasteiger partial charge in [-0.2, -0.15) is 0 Å². The van der Waals surface area contributed by atoms with E-state index < -0.39 is 0 Å². The molecule has 0 spiro atoms. The Bertz CT molecular complexity index is 686. The van der Waals surface area contributed by atoms with Gasteiger partial charge >= 0.3 is 0 Å². The van der Waals surface area contributed by atoms with Crippen LogP contribution in [0.25, 0.3) is 0 Å². The summed E-state index contributed by atoms with van der Waals surface area (Å²) in [5.74, 6) is 1.34. The fraction of sp³-hybridized carbons (Fsp3) is 0.400. The molecule has 0 amide bonds. The quantitative estimate of drug-likeness (QED) is 0.658. The van der Waals surface area contributed by atoms with Crippen LogP contribution in [0.1, 0.15) is 37.0 Å². The van der Waals surface area contributed by atoms with Gasteiger partial charge in [0.25, 0.3) is 0 Å². The topological polar surface area (TPSA) is 30.5 Å². The van der Waals surface area contributed by atoms with Gasteiger partial charge in [-0.15, -0.1) is 0 Å². The van der Waals surface area contributed by atoms with Crippen molar-refractivity contribution in [3.05, 3.63) is 52.0 Å². The number of aryl methyl sites for hydroxylation is 1. The van der Waals surface area contributed by atoms with Crippen LogP contribution in [0.15, 0.2) is 30.3 Å². The van der Waals surface area contributed by atoms with Crippen LogP contribution in [-0.2, 0) is 6.54 Å². The normalized spacial score (nSPS) is 10.5. The van der Waals surface area contributed by atoms with Gasteiger partial charge in [0.15, 0.2) is 11.5 Å². The zero-order chi connectivity index (χ0) is 17.5. The summed E-state index contributed by atoms with van der Waals surface area (Å²) in [6.07, 6.45) is 0.928. The molecule has 0 heterocycles. The number of benzene rings is 2. The van der Waals surface area contributed by atoms with E-state index >= 15 is 0 Å². The Morgan fingerprint density at radius 1 is 1.08 bits per heavy atom. The molecule has 0 aromatic heterocycles. The summed E-state index contributed by atoms with van der Waals surface area (Å²) in [6, 6.07) is 10.2. The van der Waals surface area contributed by atoms with Crippen molar-refractivity contribution in [1.29, 1.82) is 0 Å². The number of hydrogen-bond donors (Lipinski definition) is 1. The maximum absolute atomic E-state index is 6.41. The van der Waals surface area contributed by atoms with Gasteiger partial charge in [-0.05, 0) is 62.1 Å². The predicted octanol–water partition coefficient (Wildman–Crippen LogP) is 5.76. The summed E-state index contributed by atoms with van der Waals surface area (Å²) in [6.45, 7) is 10.1. The van der Waals surface area contributed by atoms with Gasteiger partial charge in [0.2, 0.25) is 0 Å². The Hall–Kier alpha value is -1.87. The molecule has 0 bridgehead atoms. The van der Waals surface area contributed by atoms with E-state index in [0.717, 1.165) is 17.7 Å². The molecule has 130 valence electrons. The molecule has 0 aliphatic heterocycles. The first kappa shape index (κ1) is 18.5. The van der Waals surface area contributed by atoms with Crippen molar-refractivity contribution in [1.82, 2.24) is 0 Å². The molecular weight excluding hydrogens is 322 g/mol. The van der Waals surface area contributed by atoms with Gasteiger partial charge in [0.1, 0.15) is 0 Å². The molecule has 4 heteroatoms. The number of anilines is 1. The smallest absolute Gasteiger partial charge is 0.179 e. The number of hydrogen-bond acceptors (Lipinski definition) is 3. The van der Waals surface area contributed by atoms with E-state index in [4.69, 9.17) is 21.1 Å². The molecule has 2 aromatic carbocycles. The molecule has 0 radical (unpaired) electrons. The molecule has 3 nitrogen and oxygen atoms in total. The van der Waals surface area contributed by atoms with Crippen LogP contribution in [0, 0.1) is 13.8 Å². The van der Waals surface area contributed by atoms with Crippen LogP contribution in [0.5, 0.6) is 11.5 Å². The number of rotatable bonds is 8. The van der Waals surface area contributed by atoms with Gasteiger partial charge in [0.05, 0.1) is 18.2 Å². The molecule has 0 unspecified atom stereocenters. The largest absolute Gasteiger partial charge is 0.490 e. The molecule has 24 heavy (non-hydrogen) atoms. The summed E-state index contributed by atoms with van der Waals surface area (Å²) in [4.78, 5) is 0. The fourth-order valence-electron chi connectivity index (χ4n) is 2.47. The third-order valence-electron chi connectivity index (χ3n) is 3.91. The monoisotopic (exact) mass is 347 g/mol. The highest BCUT2D eigenvalue weighted by Crippen LogP contribution is 2.37. The zero-order valence-corrected chi connectivity index (χ0v) is 15.7. The molecule has 0 aliphatic carbocycles. The Morgan fingerprint density at radius 2 is 1.88 bits per heavy atom. The van der Waals surface area contributed by atoms with Gasteiger partial charge in [-0.3, -0.25) is 0 Å². The lowest BCUT2D eigenvalue weighted by Crippen LogP contribution is -2.05. The molecule has 0 saturated carbocycles. The number of ether oxygens (including phenoxy) is 2. The van der Waals surface area contributed by atoms with Crippen molar-refractivity contribution >= 4 is 17.3 Å². The summed E-state index contributed by atoms with van der Waals surface area (Å²) >= 11 is 6.41. The summed E-state index contributed by atoms with van der Waals surface area (Å²) in [5.41, 5.74) is 4.73. The minimum atomic E-state index is 0.576. The van der Waals surface area contributed by atoms with Crippen molar-refractivity contribution in [2.24, 2.45) is 0 Å². The third kappa shape index (κ3) is 4.57. The highest BCUT2D eigenvalue weighted by atomic mass is 35.5. The van der Waals surface area contributed by atoms with Crippen molar-refractivity contribution in [2.75, 3.05) is 18.5 Å². The second-order valence-electron chi connectivity index (χ2n) is 5.79. The molecule has 2 rings (SSSR count). The van der Waals surface area contributed by atoms with Crippen molar-refractivity contribution < 1.29 is 9.47 Å². The second kappa shape index (κ2) is 8.84. The fourth-order valence-corrected chi connectivity index (χ4v) is 2.76. The number of nitrogens with one attached hydrogen (secondary N) is 1. The van der Waals surface area contributed by atoms with Crippen LogP contribution in [0.4, 0.5) is 5.69 Å². The molecule has 0 saturated heterocycles. The van der Waals surface area contributed by atoms with E-state index in [-0.39, 0.29) is 0 Å². The summed E-state index contributed by atoms with van der Waals surface area (Å²) < 4.78 is 11.5. The standard InChI is InChI=1S/C20H26ClNO2/c1-5-10-24-20-17(21)11-16(12-19(20)23-6-2)13-22-18-9-7-8-14(3)15(18)4/h7-9,11-12,22H,5-6,10,13H2,1-4H3. The molecule has 0 atom stereocenters. The molecule has 2 aromatic rings. The average molecular weight is 348 g/mol. The lowest BCUT2D eigenvalue weighted by atomic mass is 10.1. The predicted molar refractivity (Wildman–Crippen MR) is 102 cm³/mol. The van der Waals surface area contributed by atoms with Crippen molar-refractivity contribution in [2.45, 2.75) is 40.7 Å². The first-order valence-corrected chi connectivity index (χ1v) is 8.82. The van der Waals surface area contributed by atoms with Crippen LogP contribution in [0.2, 0.25) is 5.02 Å². The third-order valence-corrected chi connectivity index (χ3v) is 4.19. The minimum Gasteiger partial charge on any atom is -0.490 e. The van der Waals surface area contributed by atoms with E-state index in [0.29, 0.717) is 36.3 Å². The van der Waals surface area contributed by atoms with E-state index in [2.05, 4.69) is 44.3 Å². The molecule has 0 fully saturated rings. The van der Waals surface area contributed by atoms with Gasteiger partial charge in [-0.1, -0.05) is 30.7 Å². The van der Waals surface area contributed by atoms with E-state index in [1.54, 1.807) is 0 Å². The lowest BCUT2D eigenvalue weighted by Gasteiger charge is -2.16. The summed E-state index contributed by atoms with van der Waals surface area (Å²) in [7, 11) is 0. The first-order chi connectivity index (χ1) is 11.6. The Kier molecular flexibility index (Phi) is 6.80. The van der Waals surface area contributed by atoms with Gasteiger partial charge in [-0.25, -0.2) is 0 Å². The Balaban J connectivity index is 2.19. The lowest BCUT2D eigenvalue weighted by molar-refractivity contribution is 0.277. The van der Waals surface area contributed by atoms with E-state index in [9.17, 15) is 0 Å². The zero-order valence-electron chi connectivity index (χ0n) is 14.9. The molecule has 0 aliphatic rings. The highest BCUT2D eigenvalue weighted by molar-refractivity contribution is 6.32. The van der Waals surface area contributed by atoms with Crippen LogP contribution in [-0.4, -0.2) is 13.2 Å². The molecular formula is C20H26ClNO2. The van der Waals surface area contributed by atoms with E-state index in [1.807, 2.05) is 19.1 Å².